The van der Waals surface area contributed by atoms with Crippen LogP contribution in [-0.2, 0) is 6.54 Å². The molecule has 5 heteroatoms. The number of nitrogens with one attached hydrogen (secondary N) is 1. The Morgan fingerprint density at radius 2 is 2.05 bits per heavy atom. The van der Waals surface area contributed by atoms with Crippen LogP contribution in [0.4, 0.5) is 4.39 Å². The van der Waals surface area contributed by atoms with Gasteiger partial charge in [-0.3, -0.25) is 9.78 Å². The zero-order valence-corrected chi connectivity index (χ0v) is 10.4. The molecule has 0 fully saturated rings. The number of benzene rings is 1. The average Bonchev–Trinajstić information content (AvgIpc) is 2.46. The lowest BCUT2D eigenvalue weighted by atomic mass is 10.2. The van der Waals surface area contributed by atoms with E-state index in [1.807, 2.05) is 0 Å². The minimum Gasteiger partial charge on any atom is -0.494 e. The molecule has 2 rings (SSSR count). The Morgan fingerprint density at radius 3 is 2.68 bits per heavy atom. The molecule has 0 atom stereocenters. The third-order valence-electron chi connectivity index (χ3n) is 2.61. The number of halogens is 1. The molecule has 0 aliphatic rings. The summed E-state index contributed by atoms with van der Waals surface area (Å²) < 4.78 is 18.3. The summed E-state index contributed by atoms with van der Waals surface area (Å²) in [7, 11) is 1.41. The molecule has 0 saturated heterocycles. The SMILES string of the molecule is COc1ccc(CNC(=O)c2ccncc2)cc1F. The number of hydrogen-bond acceptors (Lipinski definition) is 3. The van der Waals surface area contributed by atoms with E-state index in [0.717, 1.165) is 0 Å². The summed E-state index contributed by atoms with van der Waals surface area (Å²) in [5.41, 5.74) is 1.18. The normalized spacial score (nSPS) is 10.0. The van der Waals surface area contributed by atoms with Crippen LogP contribution in [0.3, 0.4) is 0 Å². The van der Waals surface area contributed by atoms with Gasteiger partial charge in [-0.25, -0.2) is 4.39 Å². The number of rotatable bonds is 4. The van der Waals surface area contributed by atoms with Gasteiger partial charge in [-0.1, -0.05) is 6.07 Å². The molecule has 1 amide bonds. The van der Waals surface area contributed by atoms with Crippen LogP contribution in [0.1, 0.15) is 15.9 Å². The summed E-state index contributed by atoms with van der Waals surface area (Å²) in [4.78, 5) is 15.6. The van der Waals surface area contributed by atoms with E-state index in [1.54, 1.807) is 30.6 Å². The fourth-order valence-corrected chi connectivity index (χ4v) is 1.61. The number of ether oxygens (including phenoxy) is 1. The summed E-state index contributed by atoms with van der Waals surface area (Å²) in [6.07, 6.45) is 3.09. The molecule has 19 heavy (non-hydrogen) atoms. The maximum atomic E-state index is 13.5. The number of aromatic nitrogens is 1. The van der Waals surface area contributed by atoms with Gasteiger partial charge in [0.1, 0.15) is 0 Å². The zero-order chi connectivity index (χ0) is 13.7. The quantitative estimate of drug-likeness (QED) is 0.916. The first-order chi connectivity index (χ1) is 9.20. The average molecular weight is 260 g/mol. The Balaban J connectivity index is 1.99. The molecule has 4 nitrogen and oxygen atoms in total. The Morgan fingerprint density at radius 1 is 1.32 bits per heavy atom. The third kappa shape index (κ3) is 3.28. The Bertz CT molecular complexity index is 573. The van der Waals surface area contributed by atoms with Crippen molar-refractivity contribution in [2.45, 2.75) is 6.54 Å². The van der Waals surface area contributed by atoms with Gasteiger partial charge >= 0.3 is 0 Å². The molecule has 1 aromatic carbocycles. The number of methoxy groups -OCH3 is 1. The third-order valence-corrected chi connectivity index (χ3v) is 2.61. The van der Waals surface area contributed by atoms with Crippen molar-refractivity contribution >= 4 is 5.91 Å². The van der Waals surface area contributed by atoms with Gasteiger partial charge in [-0.15, -0.1) is 0 Å². The Hall–Kier alpha value is -2.43. The van der Waals surface area contributed by atoms with Gasteiger partial charge < -0.3 is 10.1 Å². The van der Waals surface area contributed by atoms with E-state index < -0.39 is 5.82 Å². The minimum absolute atomic E-state index is 0.184. The number of carbonyl (C=O) groups is 1. The molecule has 0 spiro atoms. The van der Waals surface area contributed by atoms with Crippen LogP contribution >= 0.6 is 0 Å². The summed E-state index contributed by atoms with van der Waals surface area (Å²) in [6.45, 7) is 0.252. The minimum atomic E-state index is -0.446. The van der Waals surface area contributed by atoms with Gasteiger partial charge in [0.15, 0.2) is 11.6 Å². The molecule has 0 unspecified atom stereocenters. The van der Waals surface area contributed by atoms with Crippen molar-refractivity contribution in [2.24, 2.45) is 0 Å². The lowest BCUT2D eigenvalue weighted by Crippen LogP contribution is -2.22. The van der Waals surface area contributed by atoms with Crippen LogP contribution in [0.15, 0.2) is 42.7 Å². The summed E-state index contributed by atoms with van der Waals surface area (Å²) >= 11 is 0. The van der Waals surface area contributed by atoms with Gasteiger partial charge in [0.25, 0.3) is 5.91 Å². The first-order valence-electron chi connectivity index (χ1n) is 5.71. The largest absolute Gasteiger partial charge is 0.494 e. The van der Waals surface area contributed by atoms with Gasteiger partial charge in [0.05, 0.1) is 7.11 Å². The number of amides is 1. The van der Waals surface area contributed by atoms with Gasteiger partial charge in [-0.05, 0) is 29.8 Å². The van der Waals surface area contributed by atoms with Crippen LogP contribution in [0.25, 0.3) is 0 Å². The van der Waals surface area contributed by atoms with Crippen LogP contribution in [0, 0.1) is 5.82 Å². The van der Waals surface area contributed by atoms with E-state index in [9.17, 15) is 9.18 Å². The number of nitrogens with zero attached hydrogens (tertiary/aromatic N) is 1. The van der Waals surface area contributed by atoms with Crippen molar-refractivity contribution in [3.63, 3.8) is 0 Å². The first-order valence-corrected chi connectivity index (χ1v) is 5.71. The van der Waals surface area contributed by atoms with Gasteiger partial charge in [0.2, 0.25) is 0 Å². The van der Waals surface area contributed by atoms with E-state index in [-0.39, 0.29) is 18.2 Å². The van der Waals surface area contributed by atoms with Crippen molar-refractivity contribution in [3.05, 3.63) is 59.7 Å². The zero-order valence-electron chi connectivity index (χ0n) is 10.4. The van der Waals surface area contributed by atoms with E-state index in [0.29, 0.717) is 11.1 Å². The highest BCUT2D eigenvalue weighted by Crippen LogP contribution is 2.17. The molecule has 2 aromatic rings. The second kappa shape index (κ2) is 5.95. The monoisotopic (exact) mass is 260 g/mol. The fourth-order valence-electron chi connectivity index (χ4n) is 1.61. The lowest BCUT2D eigenvalue weighted by molar-refractivity contribution is 0.0950. The number of hydrogen-bond donors (Lipinski definition) is 1. The fraction of sp³-hybridized carbons (Fsp3) is 0.143. The second-order valence-electron chi connectivity index (χ2n) is 3.89. The van der Waals surface area contributed by atoms with Crippen LogP contribution < -0.4 is 10.1 Å². The summed E-state index contributed by atoms with van der Waals surface area (Å²) in [5.74, 6) is -0.485. The predicted octanol–water partition coefficient (Wildman–Crippen LogP) is 2.16. The highest BCUT2D eigenvalue weighted by atomic mass is 19.1. The maximum absolute atomic E-state index is 13.5. The molecule has 0 bridgehead atoms. The standard InChI is InChI=1S/C14H13FN2O2/c1-19-13-3-2-10(8-12(13)15)9-17-14(18)11-4-6-16-7-5-11/h2-8H,9H2,1H3,(H,17,18). The van der Waals surface area contributed by atoms with Crippen molar-refractivity contribution in [2.75, 3.05) is 7.11 Å². The van der Waals surface area contributed by atoms with Crippen LogP contribution in [-0.4, -0.2) is 18.0 Å². The molecular weight excluding hydrogens is 247 g/mol. The highest BCUT2D eigenvalue weighted by molar-refractivity contribution is 5.93. The maximum Gasteiger partial charge on any atom is 0.251 e. The molecule has 1 aromatic heterocycles. The number of carbonyl (C=O) groups excluding carboxylic acids is 1. The highest BCUT2D eigenvalue weighted by Gasteiger charge is 2.06. The second-order valence-corrected chi connectivity index (χ2v) is 3.89. The summed E-state index contributed by atoms with van der Waals surface area (Å²) in [5, 5.41) is 2.71. The van der Waals surface area contributed by atoms with E-state index in [1.165, 1.54) is 19.2 Å². The molecule has 1 N–H and O–H groups in total. The van der Waals surface area contributed by atoms with E-state index in [4.69, 9.17) is 4.74 Å². The van der Waals surface area contributed by atoms with Crippen LogP contribution in [0.5, 0.6) is 5.75 Å². The Labute approximate surface area is 110 Å². The molecular formula is C14H13FN2O2. The summed E-state index contributed by atoms with van der Waals surface area (Å²) in [6, 6.07) is 7.80. The predicted molar refractivity (Wildman–Crippen MR) is 68.4 cm³/mol. The van der Waals surface area contributed by atoms with Crippen LogP contribution in [0.2, 0.25) is 0 Å². The van der Waals surface area contributed by atoms with Gasteiger partial charge in [0, 0.05) is 24.5 Å². The van der Waals surface area contributed by atoms with Crippen molar-refractivity contribution in [1.29, 1.82) is 0 Å². The van der Waals surface area contributed by atoms with Crippen molar-refractivity contribution in [1.82, 2.24) is 10.3 Å². The van der Waals surface area contributed by atoms with Crippen molar-refractivity contribution in [3.8, 4) is 5.75 Å². The first kappa shape index (κ1) is 13.0. The topological polar surface area (TPSA) is 51.2 Å². The van der Waals surface area contributed by atoms with Gasteiger partial charge in [-0.2, -0.15) is 0 Å². The van der Waals surface area contributed by atoms with E-state index in [2.05, 4.69) is 10.3 Å². The molecule has 0 radical (unpaired) electrons. The Kier molecular flexibility index (Phi) is 4.07. The molecule has 0 saturated carbocycles. The molecule has 0 aliphatic carbocycles. The molecule has 1 heterocycles. The smallest absolute Gasteiger partial charge is 0.251 e. The van der Waals surface area contributed by atoms with E-state index >= 15 is 0 Å². The lowest BCUT2D eigenvalue weighted by Gasteiger charge is -2.07. The molecule has 98 valence electrons. The number of pyridine rings is 1. The molecule has 0 aliphatic heterocycles. The van der Waals surface area contributed by atoms with Crippen molar-refractivity contribution < 1.29 is 13.9 Å².